The summed E-state index contributed by atoms with van der Waals surface area (Å²) in [5.74, 6) is 0. The van der Waals surface area contributed by atoms with Crippen molar-refractivity contribution in [3.63, 3.8) is 0 Å². The highest BCUT2D eigenvalue weighted by atomic mass is 16.5. The van der Waals surface area contributed by atoms with Gasteiger partial charge in [0.15, 0.2) is 0 Å². The van der Waals surface area contributed by atoms with Crippen molar-refractivity contribution in [2.45, 2.75) is 6.04 Å². The topological polar surface area (TPSA) is 39.5 Å². The number of nitrogens with zero attached hydrogens (tertiary/aromatic N) is 3. The van der Waals surface area contributed by atoms with Crippen LogP contribution in [0.3, 0.4) is 0 Å². The number of piperazine rings is 1. The lowest BCUT2D eigenvalue weighted by Gasteiger charge is -2.43. The fourth-order valence-electron chi connectivity index (χ4n) is 2.61. The van der Waals surface area contributed by atoms with E-state index in [4.69, 9.17) is 10.00 Å². The fourth-order valence-corrected chi connectivity index (χ4v) is 2.61. The highest BCUT2D eigenvalue weighted by molar-refractivity contribution is 5.59. The fraction of sp³-hybridized carbons (Fsp3) is 0.500. The van der Waals surface area contributed by atoms with E-state index in [-0.39, 0.29) is 0 Å². The van der Waals surface area contributed by atoms with E-state index in [1.54, 1.807) is 0 Å². The van der Waals surface area contributed by atoms with Crippen molar-refractivity contribution >= 4 is 5.69 Å². The molecule has 18 heavy (non-hydrogen) atoms. The maximum atomic E-state index is 9.13. The molecule has 0 amide bonds. The Bertz CT molecular complexity index is 456. The number of hydrogen-bond acceptors (Lipinski definition) is 4. The molecule has 0 bridgehead atoms. The molecule has 1 aromatic carbocycles. The zero-order chi connectivity index (χ0) is 12.4. The van der Waals surface area contributed by atoms with E-state index in [9.17, 15) is 0 Å². The predicted molar refractivity (Wildman–Crippen MR) is 69.6 cm³/mol. The molecule has 2 aliphatic rings. The number of hydrogen-bond donors (Lipinski definition) is 0. The first kappa shape index (κ1) is 11.5. The van der Waals surface area contributed by atoms with Gasteiger partial charge in [0.1, 0.15) is 6.07 Å². The van der Waals surface area contributed by atoms with E-state index in [1.165, 1.54) is 0 Å². The van der Waals surface area contributed by atoms with Crippen LogP contribution in [0.2, 0.25) is 0 Å². The van der Waals surface area contributed by atoms with Crippen LogP contribution in [-0.4, -0.2) is 50.3 Å². The van der Waals surface area contributed by atoms with Gasteiger partial charge in [0, 0.05) is 26.2 Å². The Morgan fingerprint density at radius 1 is 1.11 bits per heavy atom. The summed E-state index contributed by atoms with van der Waals surface area (Å²) in [7, 11) is 0. The smallest absolute Gasteiger partial charge is 0.101 e. The van der Waals surface area contributed by atoms with Gasteiger partial charge >= 0.3 is 0 Å². The largest absolute Gasteiger partial charge is 0.378 e. The number of benzene rings is 1. The Balaban J connectivity index is 1.67. The molecule has 4 heteroatoms. The average molecular weight is 243 g/mol. The maximum Gasteiger partial charge on any atom is 0.101 e. The van der Waals surface area contributed by atoms with Gasteiger partial charge in [0.05, 0.1) is 30.5 Å². The highest BCUT2D eigenvalue weighted by Gasteiger charge is 2.29. The standard InChI is InChI=1S/C14H17N3O/c15-9-12-3-1-2-4-14(12)17-7-5-16(6-8-17)13-10-18-11-13/h1-4,13H,5-8,10-11H2. The molecule has 3 rings (SSSR count). The minimum absolute atomic E-state index is 0.623. The number of rotatable bonds is 2. The molecule has 0 unspecified atom stereocenters. The Labute approximate surface area is 107 Å². The van der Waals surface area contributed by atoms with Gasteiger partial charge in [-0.3, -0.25) is 4.90 Å². The van der Waals surface area contributed by atoms with Crippen molar-refractivity contribution in [1.29, 1.82) is 5.26 Å². The lowest BCUT2D eigenvalue weighted by Crippen LogP contribution is -2.56. The summed E-state index contributed by atoms with van der Waals surface area (Å²) < 4.78 is 5.24. The van der Waals surface area contributed by atoms with Crippen LogP contribution in [0.25, 0.3) is 0 Å². The van der Waals surface area contributed by atoms with Gasteiger partial charge in [0.2, 0.25) is 0 Å². The first-order chi connectivity index (χ1) is 8.88. The van der Waals surface area contributed by atoms with Crippen molar-refractivity contribution in [2.24, 2.45) is 0 Å². The van der Waals surface area contributed by atoms with Crippen molar-refractivity contribution in [3.05, 3.63) is 29.8 Å². The van der Waals surface area contributed by atoms with Gasteiger partial charge in [-0.2, -0.15) is 5.26 Å². The third-order valence-electron chi connectivity index (χ3n) is 3.82. The molecule has 0 aromatic heterocycles. The maximum absolute atomic E-state index is 9.13. The van der Waals surface area contributed by atoms with Crippen LogP contribution in [0.4, 0.5) is 5.69 Å². The van der Waals surface area contributed by atoms with Crippen LogP contribution < -0.4 is 4.90 Å². The number of nitriles is 1. The second kappa shape index (κ2) is 4.97. The summed E-state index contributed by atoms with van der Waals surface area (Å²) >= 11 is 0. The highest BCUT2D eigenvalue weighted by Crippen LogP contribution is 2.22. The minimum Gasteiger partial charge on any atom is -0.378 e. The third-order valence-corrected chi connectivity index (χ3v) is 3.82. The summed E-state index contributed by atoms with van der Waals surface area (Å²) in [6.45, 7) is 5.88. The van der Waals surface area contributed by atoms with Gasteiger partial charge in [-0.15, -0.1) is 0 Å². The number of para-hydroxylation sites is 1. The minimum atomic E-state index is 0.623. The summed E-state index contributed by atoms with van der Waals surface area (Å²) in [5, 5.41) is 9.13. The first-order valence-electron chi connectivity index (χ1n) is 6.44. The molecule has 0 spiro atoms. The van der Waals surface area contributed by atoms with Crippen LogP contribution in [-0.2, 0) is 4.74 Å². The first-order valence-corrected chi connectivity index (χ1v) is 6.44. The molecule has 0 aliphatic carbocycles. The molecule has 0 saturated carbocycles. The zero-order valence-electron chi connectivity index (χ0n) is 10.4. The quantitative estimate of drug-likeness (QED) is 0.779. The second-order valence-electron chi connectivity index (χ2n) is 4.84. The SMILES string of the molecule is N#Cc1ccccc1N1CCN(C2COC2)CC1. The molecule has 0 N–H and O–H groups in total. The van der Waals surface area contributed by atoms with Gasteiger partial charge in [0.25, 0.3) is 0 Å². The van der Waals surface area contributed by atoms with Crippen LogP contribution in [0.5, 0.6) is 0 Å². The van der Waals surface area contributed by atoms with Gasteiger partial charge in [-0.25, -0.2) is 0 Å². The summed E-state index contributed by atoms with van der Waals surface area (Å²) in [5.41, 5.74) is 1.85. The molecule has 0 radical (unpaired) electrons. The van der Waals surface area contributed by atoms with Gasteiger partial charge in [-0.1, -0.05) is 12.1 Å². The predicted octanol–water partition coefficient (Wildman–Crippen LogP) is 1.08. The van der Waals surface area contributed by atoms with Crippen molar-refractivity contribution in [1.82, 2.24) is 4.90 Å². The Hall–Kier alpha value is -1.57. The molecule has 2 fully saturated rings. The molecule has 1 aromatic rings. The molecular weight excluding hydrogens is 226 g/mol. The van der Waals surface area contributed by atoms with Gasteiger partial charge < -0.3 is 9.64 Å². The lowest BCUT2D eigenvalue weighted by atomic mass is 10.1. The Kier molecular flexibility index (Phi) is 3.18. The van der Waals surface area contributed by atoms with E-state index < -0.39 is 0 Å². The monoisotopic (exact) mass is 243 g/mol. The Morgan fingerprint density at radius 2 is 1.83 bits per heavy atom. The molecule has 94 valence electrons. The number of anilines is 1. The van der Waals surface area contributed by atoms with E-state index in [2.05, 4.69) is 15.9 Å². The lowest BCUT2D eigenvalue weighted by molar-refractivity contribution is -0.0660. The van der Waals surface area contributed by atoms with Crippen LogP contribution in [0.1, 0.15) is 5.56 Å². The molecule has 4 nitrogen and oxygen atoms in total. The van der Waals surface area contributed by atoms with Crippen molar-refractivity contribution in [3.8, 4) is 6.07 Å². The van der Waals surface area contributed by atoms with Gasteiger partial charge in [-0.05, 0) is 12.1 Å². The van der Waals surface area contributed by atoms with Crippen LogP contribution in [0.15, 0.2) is 24.3 Å². The molecular formula is C14H17N3O. The molecule has 2 heterocycles. The summed E-state index contributed by atoms with van der Waals surface area (Å²) in [6, 6.07) is 10.8. The summed E-state index contributed by atoms with van der Waals surface area (Å²) in [4.78, 5) is 4.81. The molecule has 2 saturated heterocycles. The van der Waals surface area contributed by atoms with E-state index >= 15 is 0 Å². The van der Waals surface area contributed by atoms with E-state index in [1.807, 2.05) is 24.3 Å². The Morgan fingerprint density at radius 3 is 2.44 bits per heavy atom. The summed E-state index contributed by atoms with van der Waals surface area (Å²) in [6.07, 6.45) is 0. The second-order valence-corrected chi connectivity index (χ2v) is 4.84. The molecule has 2 aliphatic heterocycles. The zero-order valence-corrected chi connectivity index (χ0v) is 10.4. The van der Waals surface area contributed by atoms with E-state index in [0.717, 1.165) is 50.6 Å². The normalized spacial score (nSPS) is 21.4. The van der Waals surface area contributed by atoms with Crippen molar-refractivity contribution < 1.29 is 4.74 Å². The van der Waals surface area contributed by atoms with Crippen LogP contribution in [0, 0.1) is 11.3 Å². The molecule has 0 atom stereocenters. The average Bonchev–Trinajstić information content (AvgIpc) is 2.38. The number of ether oxygens (including phenoxy) is 1. The van der Waals surface area contributed by atoms with E-state index in [0.29, 0.717) is 6.04 Å². The van der Waals surface area contributed by atoms with Crippen molar-refractivity contribution in [2.75, 3.05) is 44.3 Å². The third kappa shape index (κ3) is 2.07. The van der Waals surface area contributed by atoms with Crippen LogP contribution >= 0.6 is 0 Å².